The number of primary sulfonamides is 1. The number of rotatable bonds is 3. The summed E-state index contributed by atoms with van der Waals surface area (Å²) < 4.78 is 47.7. The van der Waals surface area contributed by atoms with Crippen molar-refractivity contribution in [3.05, 3.63) is 30.3 Å². The van der Waals surface area contributed by atoms with E-state index in [-0.39, 0.29) is 16.3 Å². The van der Waals surface area contributed by atoms with Crippen molar-refractivity contribution in [3.8, 4) is 5.75 Å². The van der Waals surface area contributed by atoms with Crippen molar-refractivity contribution >= 4 is 36.5 Å². The van der Waals surface area contributed by atoms with Gasteiger partial charge in [0.15, 0.2) is 0 Å². The molecule has 2 rings (SSSR count). The van der Waals surface area contributed by atoms with Crippen LogP contribution in [-0.2, 0) is 20.0 Å². The van der Waals surface area contributed by atoms with E-state index in [0.717, 1.165) is 12.3 Å². The molecule has 4 N–H and O–H groups in total. The number of phenols is 1. The van der Waals surface area contributed by atoms with E-state index < -0.39 is 20.0 Å². The summed E-state index contributed by atoms with van der Waals surface area (Å²) in [4.78, 5) is -0.221. The Labute approximate surface area is 116 Å². The van der Waals surface area contributed by atoms with E-state index in [1.54, 1.807) is 0 Å². The van der Waals surface area contributed by atoms with Gasteiger partial charge in [0.05, 0.1) is 16.8 Å². The maximum atomic E-state index is 11.4. The molecule has 0 bridgehead atoms. The van der Waals surface area contributed by atoms with E-state index in [9.17, 15) is 21.9 Å². The molecule has 0 amide bonds. The first kappa shape index (κ1) is 14.6. The molecule has 0 heterocycles. The third kappa shape index (κ3) is 3.18. The van der Waals surface area contributed by atoms with Crippen LogP contribution in [-0.4, -0.2) is 28.2 Å². The van der Waals surface area contributed by atoms with Gasteiger partial charge in [-0.25, -0.2) is 22.0 Å². The number of fused-ring (bicyclic) bond motifs is 1. The fourth-order valence-electron chi connectivity index (χ4n) is 1.77. The molecule has 0 aliphatic carbocycles. The molecule has 0 fully saturated rings. The molecule has 0 aromatic heterocycles. The topological polar surface area (TPSA) is 127 Å². The van der Waals surface area contributed by atoms with Crippen LogP contribution in [0, 0.1) is 0 Å². The highest BCUT2D eigenvalue weighted by Crippen LogP contribution is 2.30. The SMILES string of the molecule is CS(=O)(=O)Nc1cc(S(N)(=O)=O)cc2ccc(O)cc12. The monoisotopic (exact) mass is 316 g/mol. The highest BCUT2D eigenvalue weighted by Gasteiger charge is 2.14. The number of phenolic OH excluding ortho intramolecular Hbond substituents is 1. The second kappa shape index (κ2) is 4.62. The van der Waals surface area contributed by atoms with Crippen LogP contribution >= 0.6 is 0 Å². The first-order valence-corrected chi connectivity index (χ1v) is 8.77. The molecule has 2 aromatic rings. The largest absolute Gasteiger partial charge is 0.508 e. The molecule has 9 heteroatoms. The zero-order valence-corrected chi connectivity index (χ0v) is 12.0. The minimum Gasteiger partial charge on any atom is -0.508 e. The van der Waals surface area contributed by atoms with Crippen molar-refractivity contribution in [1.82, 2.24) is 0 Å². The van der Waals surface area contributed by atoms with Crippen LogP contribution in [0.1, 0.15) is 0 Å². The van der Waals surface area contributed by atoms with Gasteiger partial charge in [0, 0.05) is 5.39 Å². The van der Waals surface area contributed by atoms with Crippen molar-refractivity contribution in [3.63, 3.8) is 0 Å². The Morgan fingerprint density at radius 1 is 1.10 bits per heavy atom. The van der Waals surface area contributed by atoms with Crippen molar-refractivity contribution in [2.45, 2.75) is 4.90 Å². The Kier molecular flexibility index (Phi) is 3.36. The van der Waals surface area contributed by atoms with Gasteiger partial charge in [-0.15, -0.1) is 0 Å². The molecular formula is C11H12N2O5S2. The first-order valence-electron chi connectivity index (χ1n) is 5.34. The lowest BCUT2D eigenvalue weighted by molar-refractivity contribution is 0.476. The molecule has 0 aliphatic heterocycles. The molecule has 2 aromatic carbocycles. The molecule has 0 unspecified atom stereocenters. The minimum absolute atomic E-state index is 0.0323. The van der Waals surface area contributed by atoms with Crippen LogP contribution in [0.5, 0.6) is 5.75 Å². The van der Waals surface area contributed by atoms with Crippen molar-refractivity contribution in [2.24, 2.45) is 5.14 Å². The zero-order valence-electron chi connectivity index (χ0n) is 10.4. The zero-order chi connectivity index (χ0) is 15.1. The van der Waals surface area contributed by atoms with Crippen LogP contribution < -0.4 is 9.86 Å². The number of hydrogen-bond donors (Lipinski definition) is 3. The van der Waals surface area contributed by atoms with E-state index in [1.807, 2.05) is 0 Å². The lowest BCUT2D eigenvalue weighted by Crippen LogP contribution is -2.14. The van der Waals surface area contributed by atoms with Gasteiger partial charge in [-0.05, 0) is 29.7 Å². The van der Waals surface area contributed by atoms with Gasteiger partial charge >= 0.3 is 0 Å². The lowest BCUT2D eigenvalue weighted by atomic mass is 10.1. The molecule has 108 valence electrons. The maximum Gasteiger partial charge on any atom is 0.238 e. The Morgan fingerprint density at radius 3 is 2.30 bits per heavy atom. The van der Waals surface area contributed by atoms with Crippen molar-refractivity contribution in [2.75, 3.05) is 11.0 Å². The van der Waals surface area contributed by atoms with Crippen molar-refractivity contribution < 1.29 is 21.9 Å². The van der Waals surface area contributed by atoms with Gasteiger partial charge < -0.3 is 5.11 Å². The Balaban J connectivity index is 2.83. The number of hydrogen-bond acceptors (Lipinski definition) is 5. The Morgan fingerprint density at radius 2 is 1.75 bits per heavy atom. The fourth-order valence-corrected chi connectivity index (χ4v) is 2.91. The van der Waals surface area contributed by atoms with E-state index in [0.29, 0.717) is 10.8 Å². The second-order valence-corrected chi connectivity index (χ2v) is 7.61. The average Bonchev–Trinajstić information content (AvgIpc) is 2.26. The molecule has 0 saturated heterocycles. The summed E-state index contributed by atoms with van der Waals surface area (Å²) in [5.41, 5.74) is 0.0323. The summed E-state index contributed by atoms with van der Waals surface area (Å²) in [5, 5.41) is 15.3. The second-order valence-electron chi connectivity index (χ2n) is 4.30. The summed E-state index contributed by atoms with van der Waals surface area (Å²) in [6.07, 6.45) is 0.936. The van der Waals surface area contributed by atoms with Gasteiger partial charge in [-0.2, -0.15) is 0 Å². The molecule has 0 atom stereocenters. The lowest BCUT2D eigenvalue weighted by Gasteiger charge is -2.11. The third-order valence-corrected chi connectivity index (χ3v) is 4.02. The summed E-state index contributed by atoms with van der Waals surface area (Å²) >= 11 is 0. The smallest absolute Gasteiger partial charge is 0.238 e. The molecule has 0 spiro atoms. The number of anilines is 1. The van der Waals surface area contributed by atoms with Crippen LogP contribution in [0.4, 0.5) is 5.69 Å². The highest BCUT2D eigenvalue weighted by molar-refractivity contribution is 7.92. The average molecular weight is 316 g/mol. The van der Waals surface area contributed by atoms with Crippen LogP contribution in [0.25, 0.3) is 10.8 Å². The van der Waals surface area contributed by atoms with Crippen LogP contribution in [0.15, 0.2) is 35.2 Å². The standard InChI is InChI=1S/C11H12N2O5S2/c1-19(15,16)13-11-6-9(20(12,17)18)4-7-2-3-8(14)5-10(7)11/h2-6,13-14H,1H3,(H2,12,17,18). The normalized spacial score (nSPS) is 12.5. The van der Waals surface area contributed by atoms with Crippen LogP contribution in [0.3, 0.4) is 0 Å². The van der Waals surface area contributed by atoms with E-state index >= 15 is 0 Å². The highest BCUT2D eigenvalue weighted by atomic mass is 32.2. The van der Waals surface area contributed by atoms with E-state index in [2.05, 4.69) is 4.72 Å². The van der Waals surface area contributed by atoms with Gasteiger partial charge in [0.2, 0.25) is 20.0 Å². The van der Waals surface area contributed by atoms with E-state index in [1.165, 1.54) is 24.3 Å². The Bertz CT molecular complexity index is 888. The maximum absolute atomic E-state index is 11.4. The predicted molar refractivity (Wildman–Crippen MR) is 75.5 cm³/mol. The summed E-state index contributed by atoms with van der Waals surface area (Å²) in [5.74, 6) is -0.0718. The van der Waals surface area contributed by atoms with Gasteiger partial charge in [0.25, 0.3) is 0 Å². The predicted octanol–water partition coefficient (Wildman–Crippen LogP) is 0.564. The summed E-state index contributed by atoms with van der Waals surface area (Å²) in [6, 6.07) is 6.57. The summed E-state index contributed by atoms with van der Waals surface area (Å²) in [7, 11) is -7.59. The van der Waals surface area contributed by atoms with Gasteiger partial charge in [-0.3, -0.25) is 4.72 Å². The van der Waals surface area contributed by atoms with Gasteiger partial charge in [0.1, 0.15) is 5.75 Å². The fraction of sp³-hybridized carbons (Fsp3) is 0.0909. The third-order valence-electron chi connectivity index (χ3n) is 2.54. The molecule has 0 aliphatic rings. The number of benzene rings is 2. The minimum atomic E-state index is -3.98. The molecular weight excluding hydrogens is 304 g/mol. The summed E-state index contributed by atoms with van der Waals surface area (Å²) in [6.45, 7) is 0. The van der Waals surface area contributed by atoms with Crippen LogP contribution in [0.2, 0.25) is 0 Å². The molecule has 20 heavy (non-hydrogen) atoms. The molecule has 7 nitrogen and oxygen atoms in total. The number of sulfonamides is 2. The van der Waals surface area contributed by atoms with Gasteiger partial charge in [-0.1, -0.05) is 6.07 Å². The van der Waals surface area contributed by atoms with E-state index in [4.69, 9.17) is 5.14 Å². The quantitative estimate of drug-likeness (QED) is 0.762. The van der Waals surface area contributed by atoms with Crippen molar-refractivity contribution in [1.29, 1.82) is 0 Å². The molecule has 0 radical (unpaired) electrons. The Hall–Kier alpha value is -1.84. The number of nitrogens with one attached hydrogen (secondary N) is 1. The first-order chi connectivity index (χ1) is 9.06. The molecule has 0 saturated carbocycles. The number of nitrogens with two attached hydrogens (primary N) is 1. The number of aromatic hydroxyl groups is 1.